The minimum atomic E-state index is -5.68. The molecule has 0 spiro atoms. The molecule has 0 unspecified atom stereocenters. The Kier molecular flexibility index (Phi) is 4.96. The number of alkyl halides is 3. The van der Waals surface area contributed by atoms with Crippen molar-refractivity contribution in [2.45, 2.75) is 65.3 Å². The number of rotatable bonds is 3. The molecule has 0 heterocycles. The molecule has 142 valence electrons. The van der Waals surface area contributed by atoms with Crippen LogP contribution in [-0.2, 0) is 10.1 Å². The molecule has 0 amide bonds. The Labute approximate surface area is 147 Å². The van der Waals surface area contributed by atoms with Crippen LogP contribution in [0.2, 0.25) is 0 Å². The van der Waals surface area contributed by atoms with Crippen LogP contribution in [0.1, 0.15) is 64.0 Å². The molecule has 1 aromatic rings. The average Bonchev–Trinajstić information content (AvgIpc) is 2.35. The summed E-state index contributed by atoms with van der Waals surface area (Å²) in [7, 11) is -5.68. The van der Waals surface area contributed by atoms with Crippen molar-refractivity contribution in [1.82, 2.24) is 0 Å². The fourth-order valence-electron chi connectivity index (χ4n) is 4.29. The predicted octanol–water partition coefficient (Wildman–Crippen LogP) is 5.54. The Morgan fingerprint density at radius 1 is 1.08 bits per heavy atom. The molecule has 0 aliphatic heterocycles. The van der Waals surface area contributed by atoms with E-state index in [0.717, 1.165) is 24.8 Å². The molecule has 0 atom stereocenters. The fourth-order valence-corrected chi connectivity index (χ4v) is 4.78. The first-order valence-corrected chi connectivity index (χ1v) is 9.64. The van der Waals surface area contributed by atoms with Crippen LogP contribution in [0.3, 0.4) is 0 Å². The number of hydrogen-bond acceptors (Lipinski definition) is 3. The number of hydrogen-bond donors (Lipinski definition) is 0. The lowest BCUT2D eigenvalue weighted by Gasteiger charge is -2.45. The van der Waals surface area contributed by atoms with Gasteiger partial charge in [-0.1, -0.05) is 45.4 Å². The van der Waals surface area contributed by atoms with Crippen LogP contribution in [0, 0.1) is 17.8 Å². The van der Waals surface area contributed by atoms with Gasteiger partial charge in [0, 0.05) is 0 Å². The summed E-state index contributed by atoms with van der Waals surface area (Å²) >= 11 is 0. The first kappa shape index (κ1) is 20.1. The second kappa shape index (κ2) is 6.18. The lowest BCUT2D eigenvalue weighted by Crippen LogP contribution is -2.33. The highest BCUT2D eigenvalue weighted by Gasteiger charge is 2.49. The van der Waals surface area contributed by atoms with Gasteiger partial charge in [-0.05, 0) is 54.6 Å². The minimum absolute atomic E-state index is 0.0103. The summed E-state index contributed by atoms with van der Waals surface area (Å²) in [5, 5.41) is 0. The molecule has 1 aromatic carbocycles. The van der Waals surface area contributed by atoms with E-state index in [1.165, 1.54) is 6.07 Å². The first-order chi connectivity index (χ1) is 11.1. The molecule has 0 aromatic heterocycles. The van der Waals surface area contributed by atoms with Crippen molar-refractivity contribution in [2.75, 3.05) is 0 Å². The molecule has 0 bridgehead atoms. The Hall–Kier alpha value is -1.24. The molecule has 0 radical (unpaired) electrons. The van der Waals surface area contributed by atoms with E-state index in [9.17, 15) is 21.6 Å². The second-order valence-electron chi connectivity index (χ2n) is 8.63. The molecule has 1 saturated carbocycles. The van der Waals surface area contributed by atoms with Gasteiger partial charge in [0.05, 0.1) is 0 Å². The van der Waals surface area contributed by atoms with E-state index in [0.29, 0.717) is 5.56 Å². The van der Waals surface area contributed by atoms with Gasteiger partial charge < -0.3 is 4.18 Å². The van der Waals surface area contributed by atoms with Gasteiger partial charge >= 0.3 is 15.6 Å². The highest BCUT2D eigenvalue weighted by Crippen LogP contribution is 2.53. The van der Waals surface area contributed by atoms with Gasteiger partial charge in [0.2, 0.25) is 0 Å². The van der Waals surface area contributed by atoms with Crippen LogP contribution in [-0.4, -0.2) is 13.9 Å². The maximum Gasteiger partial charge on any atom is 0.534 e. The van der Waals surface area contributed by atoms with Gasteiger partial charge in [0.25, 0.3) is 0 Å². The average molecular weight is 378 g/mol. The topological polar surface area (TPSA) is 43.4 Å². The summed E-state index contributed by atoms with van der Waals surface area (Å²) in [6.07, 6.45) is 2.53. The maximum atomic E-state index is 12.7. The van der Waals surface area contributed by atoms with Crippen molar-refractivity contribution >= 4 is 10.1 Å². The Morgan fingerprint density at radius 2 is 1.60 bits per heavy atom. The third-order valence-corrected chi connectivity index (χ3v) is 5.61. The smallest absolute Gasteiger partial charge is 0.376 e. The number of benzene rings is 1. The number of halogens is 3. The summed E-state index contributed by atoms with van der Waals surface area (Å²) in [4.78, 5) is 0. The SMILES string of the molecule is Cc1ccc(OS(=O)(=O)C(F)(F)F)c(C2CC(C)(C)CC(C)(C)C2)c1. The highest BCUT2D eigenvalue weighted by molar-refractivity contribution is 7.88. The Balaban J connectivity index is 2.46. The third-order valence-electron chi connectivity index (χ3n) is 4.64. The standard InChI is InChI=1S/C18H25F3O3S/c1-12-6-7-15(24-25(22,23)18(19,20)21)14(8-12)13-9-16(2,3)11-17(4,5)10-13/h6-8,13H,9-11H2,1-5H3. The van der Waals surface area contributed by atoms with Gasteiger partial charge in [-0.2, -0.15) is 21.6 Å². The molecule has 3 nitrogen and oxygen atoms in total. The molecule has 7 heteroatoms. The zero-order valence-electron chi connectivity index (χ0n) is 15.2. The molecule has 1 aliphatic carbocycles. The van der Waals surface area contributed by atoms with Crippen molar-refractivity contribution in [3.8, 4) is 5.75 Å². The zero-order chi connectivity index (χ0) is 19.3. The monoisotopic (exact) mass is 378 g/mol. The first-order valence-electron chi connectivity index (χ1n) is 8.23. The normalized spacial score (nSPS) is 21.1. The van der Waals surface area contributed by atoms with Crippen molar-refractivity contribution in [1.29, 1.82) is 0 Å². The number of aryl methyl sites for hydroxylation is 1. The quantitative estimate of drug-likeness (QED) is 0.512. The molecule has 0 saturated heterocycles. The summed E-state index contributed by atoms with van der Waals surface area (Å²) in [6.45, 7) is 10.3. The van der Waals surface area contributed by atoms with Crippen LogP contribution in [0.4, 0.5) is 13.2 Å². The maximum absolute atomic E-state index is 12.7. The predicted molar refractivity (Wildman–Crippen MR) is 90.9 cm³/mol. The van der Waals surface area contributed by atoms with Gasteiger partial charge in [0.15, 0.2) is 0 Å². The van der Waals surface area contributed by atoms with E-state index in [1.54, 1.807) is 12.1 Å². The van der Waals surface area contributed by atoms with Crippen molar-refractivity contribution in [2.24, 2.45) is 10.8 Å². The van der Waals surface area contributed by atoms with E-state index < -0.39 is 15.6 Å². The van der Waals surface area contributed by atoms with E-state index >= 15 is 0 Å². The van der Waals surface area contributed by atoms with Gasteiger partial charge in [-0.15, -0.1) is 0 Å². The van der Waals surface area contributed by atoms with Crippen LogP contribution in [0.25, 0.3) is 0 Å². The molecule has 0 N–H and O–H groups in total. The van der Waals surface area contributed by atoms with Crippen LogP contribution in [0.15, 0.2) is 18.2 Å². The van der Waals surface area contributed by atoms with Gasteiger partial charge in [-0.25, -0.2) is 0 Å². The van der Waals surface area contributed by atoms with Crippen LogP contribution >= 0.6 is 0 Å². The van der Waals surface area contributed by atoms with Crippen LogP contribution in [0.5, 0.6) is 5.75 Å². The largest absolute Gasteiger partial charge is 0.534 e. The molecule has 1 fully saturated rings. The van der Waals surface area contributed by atoms with Crippen molar-refractivity contribution in [3.63, 3.8) is 0 Å². The molecule has 2 rings (SSSR count). The van der Waals surface area contributed by atoms with E-state index in [-0.39, 0.29) is 22.5 Å². The lowest BCUT2D eigenvalue weighted by atomic mass is 9.60. The summed E-state index contributed by atoms with van der Waals surface area (Å²) in [5.74, 6) is -0.279. The van der Waals surface area contributed by atoms with Crippen molar-refractivity contribution < 1.29 is 25.8 Å². The lowest BCUT2D eigenvalue weighted by molar-refractivity contribution is -0.0500. The highest BCUT2D eigenvalue weighted by atomic mass is 32.2. The van der Waals surface area contributed by atoms with E-state index in [1.807, 2.05) is 6.92 Å². The molecular formula is C18H25F3O3S. The van der Waals surface area contributed by atoms with Crippen LogP contribution < -0.4 is 4.18 Å². The van der Waals surface area contributed by atoms with E-state index in [2.05, 4.69) is 31.9 Å². The minimum Gasteiger partial charge on any atom is -0.376 e. The van der Waals surface area contributed by atoms with Gasteiger partial charge in [0.1, 0.15) is 5.75 Å². The van der Waals surface area contributed by atoms with E-state index in [4.69, 9.17) is 0 Å². The Morgan fingerprint density at radius 3 is 2.08 bits per heavy atom. The molecule has 25 heavy (non-hydrogen) atoms. The Bertz CT molecular complexity index is 733. The summed E-state index contributed by atoms with van der Waals surface area (Å²) in [6, 6.07) is 4.62. The fraction of sp³-hybridized carbons (Fsp3) is 0.667. The molecular weight excluding hydrogens is 353 g/mol. The zero-order valence-corrected chi connectivity index (χ0v) is 16.0. The van der Waals surface area contributed by atoms with Crippen molar-refractivity contribution in [3.05, 3.63) is 29.3 Å². The second-order valence-corrected chi connectivity index (χ2v) is 10.2. The third kappa shape index (κ3) is 4.68. The van der Waals surface area contributed by atoms with Gasteiger partial charge in [-0.3, -0.25) is 0 Å². The molecule has 1 aliphatic rings. The summed E-state index contributed by atoms with van der Waals surface area (Å²) < 4.78 is 65.5. The summed E-state index contributed by atoms with van der Waals surface area (Å²) in [5.41, 5.74) is -4.03.